The van der Waals surface area contributed by atoms with Crippen molar-refractivity contribution >= 4 is 16.9 Å². The van der Waals surface area contributed by atoms with Gasteiger partial charge in [0.2, 0.25) is 0 Å². The molecule has 1 aliphatic rings. The van der Waals surface area contributed by atoms with E-state index >= 15 is 0 Å². The highest BCUT2D eigenvalue weighted by Gasteiger charge is 2.28. The molecule has 1 heterocycles. The minimum absolute atomic E-state index is 0.265. The van der Waals surface area contributed by atoms with Crippen molar-refractivity contribution in [3.63, 3.8) is 0 Å². The second kappa shape index (κ2) is 9.33. The van der Waals surface area contributed by atoms with Gasteiger partial charge in [-0.2, -0.15) is 0 Å². The first-order valence-electron chi connectivity index (χ1n) is 11.3. The molecule has 1 aliphatic carbocycles. The van der Waals surface area contributed by atoms with Crippen molar-refractivity contribution in [2.45, 2.75) is 52.2 Å². The summed E-state index contributed by atoms with van der Waals surface area (Å²) in [6.07, 6.45) is 3.55. The lowest BCUT2D eigenvalue weighted by atomic mass is 9.78. The van der Waals surface area contributed by atoms with Crippen LogP contribution < -0.4 is 10.1 Å². The fourth-order valence-corrected chi connectivity index (χ4v) is 4.99. The minimum Gasteiger partial charge on any atom is -0.497 e. The summed E-state index contributed by atoms with van der Waals surface area (Å²) in [7, 11) is 1.60. The molecule has 0 aliphatic heterocycles. The van der Waals surface area contributed by atoms with Gasteiger partial charge in [0.15, 0.2) is 0 Å². The number of nitrogens with one attached hydrogen (secondary N) is 1. The predicted molar refractivity (Wildman–Crippen MR) is 124 cm³/mol. The van der Waals surface area contributed by atoms with Crippen molar-refractivity contribution < 1.29 is 19.0 Å². The van der Waals surface area contributed by atoms with E-state index in [4.69, 9.17) is 4.74 Å². The Morgan fingerprint density at radius 3 is 2.62 bits per heavy atom. The van der Waals surface area contributed by atoms with Crippen molar-refractivity contribution in [3.05, 3.63) is 65.1 Å². The van der Waals surface area contributed by atoms with Gasteiger partial charge >= 0.3 is 5.97 Å². The first kappa shape index (κ1) is 22.3. The summed E-state index contributed by atoms with van der Waals surface area (Å²) in [6.45, 7) is 5.40. The molecule has 170 valence electrons. The smallest absolute Gasteiger partial charge is 0.352 e. The topological polar surface area (TPSA) is 63.5 Å². The van der Waals surface area contributed by atoms with Crippen LogP contribution in [0.3, 0.4) is 0 Å². The van der Waals surface area contributed by atoms with E-state index in [0.29, 0.717) is 36.7 Å². The highest BCUT2D eigenvalue weighted by Crippen LogP contribution is 2.33. The van der Waals surface area contributed by atoms with Gasteiger partial charge in [0.1, 0.15) is 17.3 Å². The number of fused-ring (bicyclic) bond motifs is 1. The third-order valence-corrected chi connectivity index (χ3v) is 7.08. The normalized spacial score (nSPS) is 21.1. The number of aromatic carboxylic acids is 1. The van der Waals surface area contributed by atoms with Gasteiger partial charge in [0.05, 0.1) is 12.6 Å². The molecule has 3 aromatic rings. The molecule has 2 N–H and O–H groups in total. The number of carboxylic acids is 1. The van der Waals surface area contributed by atoms with Gasteiger partial charge in [-0.25, -0.2) is 9.18 Å². The first-order chi connectivity index (χ1) is 15.4. The van der Waals surface area contributed by atoms with E-state index in [1.807, 2.05) is 18.2 Å². The molecule has 3 atom stereocenters. The summed E-state index contributed by atoms with van der Waals surface area (Å²) in [5.41, 5.74) is 2.68. The Morgan fingerprint density at radius 1 is 1.19 bits per heavy atom. The maximum Gasteiger partial charge on any atom is 0.352 e. The molecular weight excluding hydrogens is 407 g/mol. The van der Waals surface area contributed by atoms with Gasteiger partial charge in [0, 0.05) is 36.1 Å². The lowest BCUT2D eigenvalue weighted by Crippen LogP contribution is -2.40. The molecule has 0 unspecified atom stereocenters. The van der Waals surface area contributed by atoms with Gasteiger partial charge in [-0.15, -0.1) is 0 Å². The van der Waals surface area contributed by atoms with Crippen molar-refractivity contribution in [2.75, 3.05) is 7.11 Å². The number of hydrogen-bond donors (Lipinski definition) is 2. The van der Waals surface area contributed by atoms with E-state index < -0.39 is 5.97 Å². The number of methoxy groups -OCH3 is 1. The third-order valence-electron chi connectivity index (χ3n) is 7.08. The maximum absolute atomic E-state index is 13.4. The highest BCUT2D eigenvalue weighted by molar-refractivity contribution is 5.98. The Hall–Kier alpha value is -2.86. The predicted octanol–water partition coefficient (Wildman–Crippen LogP) is 5.45. The van der Waals surface area contributed by atoms with Crippen LogP contribution in [0.25, 0.3) is 10.9 Å². The Morgan fingerprint density at radius 2 is 1.94 bits per heavy atom. The molecule has 0 bridgehead atoms. The molecule has 4 rings (SSSR count). The lowest BCUT2D eigenvalue weighted by Gasteiger charge is -2.34. The van der Waals surface area contributed by atoms with Crippen LogP contribution in [0.4, 0.5) is 4.39 Å². The standard InChI is InChI=1S/C26H31FN2O3/c1-16-5-4-6-23(17(16)2)28-14-22-21-12-11-20(32-3)13-24(21)29(25(22)26(30)31)15-18-7-9-19(27)10-8-18/h7-13,16-17,23,28H,4-6,14-15H2,1-3H3,(H,30,31)/t16-,17-,23+/m0/s1. The van der Waals surface area contributed by atoms with Crippen LogP contribution in [0.1, 0.15) is 54.7 Å². The average Bonchev–Trinajstić information content (AvgIpc) is 3.09. The number of carboxylic acid groups (broad SMARTS) is 1. The fraction of sp³-hybridized carbons (Fsp3) is 0.423. The Labute approximate surface area is 188 Å². The number of carbonyl (C=O) groups is 1. The molecule has 1 fully saturated rings. The van der Waals surface area contributed by atoms with Crippen LogP contribution in [0.2, 0.25) is 0 Å². The quantitative estimate of drug-likeness (QED) is 0.515. The number of benzene rings is 2. The molecule has 1 aromatic heterocycles. The van der Waals surface area contributed by atoms with Gasteiger partial charge < -0.3 is 19.7 Å². The van der Waals surface area contributed by atoms with Crippen LogP contribution in [-0.2, 0) is 13.1 Å². The first-order valence-corrected chi connectivity index (χ1v) is 11.3. The summed E-state index contributed by atoms with van der Waals surface area (Å²) in [6, 6.07) is 12.2. The van der Waals surface area contributed by atoms with Crippen LogP contribution >= 0.6 is 0 Å². The van der Waals surface area contributed by atoms with Crippen LogP contribution in [-0.4, -0.2) is 28.8 Å². The van der Waals surface area contributed by atoms with E-state index in [2.05, 4.69) is 19.2 Å². The Bertz CT molecular complexity index is 1110. The molecule has 0 amide bonds. The molecule has 32 heavy (non-hydrogen) atoms. The maximum atomic E-state index is 13.4. The number of rotatable bonds is 7. The summed E-state index contributed by atoms with van der Waals surface area (Å²) in [4.78, 5) is 12.4. The SMILES string of the molecule is COc1ccc2c(CN[C@@H]3CCC[C@H](C)[C@@H]3C)c(C(=O)O)n(Cc3ccc(F)cc3)c2c1. The number of aromatic nitrogens is 1. The van der Waals surface area contributed by atoms with Gasteiger partial charge in [-0.1, -0.05) is 38.8 Å². The monoisotopic (exact) mass is 438 g/mol. The van der Waals surface area contributed by atoms with Crippen molar-refractivity contribution in [1.29, 1.82) is 0 Å². The van der Waals surface area contributed by atoms with Gasteiger partial charge in [-0.3, -0.25) is 0 Å². The number of ether oxygens (including phenoxy) is 1. The number of hydrogen-bond acceptors (Lipinski definition) is 3. The van der Waals surface area contributed by atoms with Crippen molar-refractivity contribution in [3.8, 4) is 5.75 Å². The van der Waals surface area contributed by atoms with Crippen molar-refractivity contribution in [2.24, 2.45) is 11.8 Å². The molecule has 0 spiro atoms. The number of nitrogens with zero attached hydrogens (tertiary/aromatic N) is 1. The van der Waals surface area contributed by atoms with E-state index in [9.17, 15) is 14.3 Å². The van der Waals surface area contributed by atoms with Crippen LogP contribution in [0.15, 0.2) is 42.5 Å². The zero-order valence-electron chi connectivity index (χ0n) is 18.9. The average molecular weight is 439 g/mol. The highest BCUT2D eigenvalue weighted by atomic mass is 19.1. The number of halogens is 1. The van der Waals surface area contributed by atoms with E-state index in [1.165, 1.54) is 25.0 Å². The van der Waals surface area contributed by atoms with Crippen LogP contribution in [0, 0.1) is 17.7 Å². The minimum atomic E-state index is -0.968. The molecular formula is C26H31FN2O3. The fourth-order valence-electron chi connectivity index (χ4n) is 4.99. The Kier molecular flexibility index (Phi) is 6.51. The van der Waals surface area contributed by atoms with E-state index in [-0.39, 0.29) is 11.5 Å². The molecule has 2 aromatic carbocycles. The molecule has 0 radical (unpaired) electrons. The lowest BCUT2D eigenvalue weighted by molar-refractivity contribution is 0.0684. The summed E-state index contributed by atoms with van der Waals surface area (Å²) in [5.74, 6) is 0.589. The second-order valence-electron chi connectivity index (χ2n) is 8.98. The van der Waals surface area contributed by atoms with E-state index in [0.717, 1.165) is 28.5 Å². The summed E-state index contributed by atoms with van der Waals surface area (Å²) in [5, 5.41) is 14.7. The summed E-state index contributed by atoms with van der Waals surface area (Å²) >= 11 is 0. The van der Waals surface area contributed by atoms with Crippen molar-refractivity contribution in [1.82, 2.24) is 9.88 Å². The second-order valence-corrected chi connectivity index (χ2v) is 8.98. The zero-order chi connectivity index (χ0) is 22.8. The molecule has 0 saturated heterocycles. The van der Waals surface area contributed by atoms with Crippen LogP contribution in [0.5, 0.6) is 5.75 Å². The zero-order valence-corrected chi connectivity index (χ0v) is 18.9. The largest absolute Gasteiger partial charge is 0.497 e. The van der Waals surface area contributed by atoms with Gasteiger partial charge in [0.25, 0.3) is 0 Å². The third kappa shape index (κ3) is 4.37. The summed E-state index contributed by atoms with van der Waals surface area (Å²) < 4.78 is 20.6. The molecule has 1 saturated carbocycles. The van der Waals surface area contributed by atoms with E-state index in [1.54, 1.807) is 23.8 Å². The molecule has 5 nitrogen and oxygen atoms in total. The molecule has 6 heteroatoms. The Balaban J connectivity index is 1.76. The van der Waals surface area contributed by atoms with Gasteiger partial charge in [-0.05, 0) is 48.1 Å².